The SMILES string of the molecule is [CH2-]CS(=O)(=O)CCSOOO.[Rb+]. The number of sulfone groups is 1. The van der Waals surface area contributed by atoms with E-state index in [-0.39, 0.29) is 75.4 Å². The van der Waals surface area contributed by atoms with Crippen LogP contribution in [0.1, 0.15) is 0 Å². The molecule has 0 aliphatic carbocycles. The molecule has 0 atom stereocenters. The first-order valence-corrected chi connectivity index (χ1v) is 5.45. The molecule has 0 saturated heterocycles. The molecule has 0 amide bonds. The van der Waals surface area contributed by atoms with Gasteiger partial charge in [-0.05, 0) is 0 Å². The van der Waals surface area contributed by atoms with Gasteiger partial charge in [-0.1, -0.05) is 10.8 Å². The molecule has 0 spiro atoms. The van der Waals surface area contributed by atoms with Gasteiger partial charge in [-0.15, -0.1) is 4.33 Å². The third-order valence-electron chi connectivity index (χ3n) is 0.867. The summed E-state index contributed by atoms with van der Waals surface area (Å²) in [6, 6.07) is 0. The summed E-state index contributed by atoms with van der Waals surface area (Å²) >= 11 is 0.716. The minimum atomic E-state index is -3.05. The zero-order valence-electron chi connectivity index (χ0n) is 6.73. The van der Waals surface area contributed by atoms with Crippen LogP contribution < -0.4 is 58.2 Å². The average Bonchev–Trinajstić information content (AvgIpc) is 1.99. The van der Waals surface area contributed by atoms with Gasteiger partial charge < -0.3 is 6.92 Å². The van der Waals surface area contributed by atoms with Crippen molar-refractivity contribution < 1.29 is 81.2 Å². The van der Waals surface area contributed by atoms with Crippen molar-refractivity contribution in [2.75, 3.05) is 17.3 Å². The smallest absolute Gasteiger partial charge is 0.329 e. The maximum Gasteiger partial charge on any atom is 1.00 e. The fraction of sp³-hybridized carbons (Fsp3) is 0.750. The van der Waals surface area contributed by atoms with Gasteiger partial charge in [-0.2, -0.15) is 0 Å². The van der Waals surface area contributed by atoms with E-state index in [1.165, 1.54) is 0 Å². The summed E-state index contributed by atoms with van der Waals surface area (Å²) in [5.74, 6) is 0.0382. The van der Waals surface area contributed by atoms with E-state index in [2.05, 4.69) is 16.3 Å². The molecule has 0 aliphatic rings. The van der Waals surface area contributed by atoms with Gasteiger partial charge in [0.05, 0.1) is 5.75 Å². The van der Waals surface area contributed by atoms with E-state index < -0.39 is 9.84 Å². The quantitative estimate of drug-likeness (QED) is 0.188. The third kappa shape index (κ3) is 10.1. The molecule has 0 unspecified atom stereocenters. The summed E-state index contributed by atoms with van der Waals surface area (Å²) in [4.78, 5) is 0. The van der Waals surface area contributed by atoms with E-state index in [1.807, 2.05) is 0 Å². The van der Waals surface area contributed by atoms with E-state index in [0.29, 0.717) is 12.0 Å². The standard InChI is InChI=1S/C4H9O5S2.Rb/c1-2-11(6,7)4-3-10-9-8-5;/h5H,1-4H2;/q-1;+1. The van der Waals surface area contributed by atoms with Crippen LogP contribution in [0.5, 0.6) is 0 Å². The van der Waals surface area contributed by atoms with Crippen molar-refractivity contribution >= 4 is 21.9 Å². The summed E-state index contributed by atoms with van der Waals surface area (Å²) in [6.07, 6.45) is 0. The maximum absolute atomic E-state index is 10.7. The Hall–Kier alpha value is 1.99. The van der Waals surface area contributed by atoms with Crippen LogP contribution in [-0.4, -0.2) is 30.9 Å². The van der Waals surface area contributed by atoms with E-state index >= 15 is 0 Å². The Balaban J connectivity index is 0. The van der Waals surface area contributed by atoms with Crippen molar-refractivity contribution in [1.29, 1.82) is 0 Å². The van der Waals surface area contributed by atoms with Crippen molar-refractivity contribution in [1.82, 2.24) is 0 Å². The second-order valence-corrected chi connectivity index (χ2v) is 4.70. The molecule has 0 aromatic rings. The molecular formula is C4H9O5RbS2. The summed E-state index contributed by atoms with van der Waals surface area (Å²) in [5.41, 5.74) is 0. The van der Waals surface area contributed by atoms with Crippen LogP contribution in [0.2, 0.25) is 0 Å². The van der Waals surface area contributed by atoms with Crippen LogP contribution in [0.25, 0.3) is 0 Å². The first-order valence-electron chi connectivity index (χ1n) is 2.72. The van der Waals surface area contributed by atoms with Crippen molar-refractivity contribution in [2.45, 2.75) is 0 Å². The second kappa shape index (κ2) is 9.54. The molecule has 0 fully saturated rings. The summed E-state index contributed by atoms with van der Waals surface area (Å²) < 4.78 is 25.4. The van der Waals surface area contributed by atoms with E-state index in [9.17, 15) is 8.42 Å². The zero-order valence-corrected chi connectivity index (χ0v) is 13.3. The summed E-state index contributed by atoms with van der Waals surface area (Å²) in [7, 11) is -3.05. The number of rotatable bonds is 6. The van der Waals surface area contributed by atoms with Crippen LogP contribution in [0.3, 0.4) is 0 Å². The fourth-order valence-electron chi connectivity index (χ4n) is 0.319. The Kier molecular flexibility index (Phi) is 13.0. The topological polar surface area (TPSA) is 72.8 Å². The summed E-state index contributed by atoms with van der Waals surface area (Å²) in [5, 5.41) is 10.9. The Labute approximate surface area is 125 Å². The molecule has 0 heterocycles. The first kappa shape index (κ1) is 16.4. The molecule has 0 rings (SSSR count). The van der Waals surface area contributed by atoms with Crippen LogP contribution in [-0.2, 0) is 19.2 Å². The Bertz CT molecular complexity index is 180. The Morgan fingerprint density at radius 3 is 2.50 bits per heavy atom. The van der Waals surface area contributed by atoms with Crippen LogP contribution in [0.15, 0.2) is 0 Å². The molecule has 0 bridgehead atoms. The van der Waals surface area contributed by atoms with E-state index in [4.69, 9.17) is 5.26 Å². The van der Waals surface area contributed by atoms with E-state index in [0.717, 1.165) is 0 Å². The monoisotopic (exact) mass is 286 g/mol. The van der Waals surface area contributed by atoms with Crippen LogP contribution in [0.4, 0.5) is 0 Å². The predicted octanol–water partition coefficient (Wildman–Crippen LogP) is -2.69. The minimum Gasteiger partial charge on any atom is -0.329 e. The molecule has 0 aromatic heterocycles. The Morgan fingerprint density at radius 1 is 1.50 bits per heavy atom. The number of hydrogen-bond acceptors (Lipinski definition) is 6. The second-order valence-electron chi connectivity index (χ2n) is 1.62. The molecule has 1 N–H and O–H groups in total. The fourth-order valence-corrected chi connectivity index (χ4v) is 1.92. The molecule has 68 valence electrons. The molecule has 8 heteroatoms. The van der Waals surface area contributed by atoms with Gasteiger partial charge >= 0.3 is 58.2 Å². The molecule has 0 radical (unpaired) electrons. The molecular weight excluding hydrogens is 278 g/mol. The van der Waals surface area contributed by atoms with Gasteiger partial charge in [0.15, 0.2) is 0 Å². The van der Waals surface area contributed by atoms with Gasteiger partial charge in [-0.3, -0.25) is 0 Å². The molecule has 0 saturated carbocycles. The van der Waals surface area contributed by atoms with Gasteiger partial charge in [-0.25, -0.2) is 13.7 Å². The van der Waals surface area contributed by atoms with Gasteiger partial charge in [0.2, 0.25) is 0 Å². The predicted molar refractivity (Wildman–Crippen MR) is 41.3 cm³/mol. The van der Waals surface area contributed by atoms with Crippen LogP contribution in [0, 0.1) is 6.92 Å². The molecule has 12 heavy (non-hydrogen) atoms. The van der Waals surface area contributed by atoms with Crippen LogP contribution >= 0.6 is 12.0 Å². The molecule has 5 nitrogen and oxygen atoms in total. The van der Waals surface area contributed by atoms with Crippen molar-refractivity contribution in [3.05, 3.63) is 6.92 Å². The van der Waals surface area contributed by atoms with Crippen molar-refractivity contribution in [2.24, 2.45) is 0 Å². The van der Waals surface area contributed by atoms with Gasteiger partial charge in [0.25, 0.3) is 0 Å². The number of hydrogen-bond donors (Lipinski definition) is 1. The minimum absolute atomic E-state index is 0. The normalized spacial score (nSPS) is 10.8. The van der Waals surface area contributed by atoms with E-state index in [1.54, 1.807) is 0 Å². The average molecular weight is 287 g/mol. The van der Waals surface area contributed by atoms with Crippen molar-refractivity contribution in [3.8, 4) is 0 Å². The third-order valence-corrected chi connectivity index (χ3v) is 3.10. The van der Waals surface area contributed by atoms with Crippen molar-refractivity contribution in [3.63, 3.8) is 0 Å². The van der Waals surface area contributed by atoms with Gasteiger partial charge in [0, 0.05) is 17.8 Å². The summed E-state index contributed by atoms with van der Waals surface area (Å²) in [6.45, 7) is 3.24. The molecule has 0 aromatic carbocycles. The molecule has 0 aliphatic heterocycles. The first-order chi connectivity index (χ1) is 5.12. The Morgan fingerprint density at radius 2 is 2.08 bits per heavy atom. The van der Waals surface area contributed by atoms with Gasteiger partial charge in [0.1, 0.15) is 9.84 Å². The largest absolute Gasteiger partial charge is 1.00 e. The zero-order chi connectivity index (χ0) is 8.74. The maximum atomic E-state index is 10.7.